The molecule has 2 aromatic carbocycles. The highest BCUT2D eigenvalue weighted by Gasteiger charge is 2.09. The smallest absolute Gasteiger partial charge is 0.240 e. The van der Waals surface area contributed by atoms with Gasteiger partial charge in [0.1, 0.15) is 5.75 Å². The van der Waals surface area contributed by atoms with Crippen LogP contribution in [-0.2, 0) is 9.59 Å². The molecule has 0 aliphatic rings. The van der Waals surface area contributed by atoms with E-state index in [1.54, 1.807) is 49.4 Å². The number of carbonyl (C=O) groups excluding carboxylic acids is 2. The summed E-state index contributed by atoms with van der Waals surface area (Å²) in [7, 11) is 0. The van der Waals surface area contributed by atoms with Crippen molar-refractivity contribution in [3.05, 3.63) is 59.1 Å². The van der Waals surface area contributed by atoms with Crippen molar-refractivity contribution < 1.29 is 14.7 Å². The van der Waals surface area contributed by atoms with Crippen LogP contribution >= 0.6 is 11.6 Å². The molecule has 0 spiro atoms. The van der Waals surface area contributed by atoms with Crippen LogP contribution in [0.15, 0.2) is 53.6 Å². The lowest BCUT2D eigenvalue weighted by Gasteiger charge is -2.07. The number of halogens is 1. The molecule has 0 aliphatic heterocycles. The molecule has 0 radical (unpaired) electrons. The number of anilines is 1. The van der Waals surface area contributed by atoms with Crippen LogP contribution in [0.1, 0.15) is 25.3 Å². The molecular weight excluding hydrogens is 342 g/mol. The second kappa shape index (κ2) is 8.84. The van der Waals surface area contributed by atoms with E-state index in [0.717, 1.165) is 0 Å². The quantitative estimate of drug-likeness (QED) is 0.546. The van der Waals surface area contributed by atoms with E-state index in [9.17, 15) is 14.7 Å². The van der Waals surface area contributed by atoms with Crippen molar-refractivity contribution in [1.82, 2.24) is 5.43 Å². The Balaban J connectivity index is 1.82. The van der Waals surface area contributed by atoms with Crippen LogP contribution in [0.3, 0.4) is 0 Å². The number of hydrogen-bond acceptors (Lipinski definition) is 4. The summed E-state index contributed by atoms with van der Waals surface area (Å²) in [5, 5.41) is 16.7. The molecular formula is C18H18ClN3O3. The summed E-state index contributed by atoms with van der Waals surface area (Å²) in [6, 6.07) is 13.5. The largest absolute Gasteiger partial charge is 0.507 e. The Morgan fingerprint density at radius 3 is 2.40 bits per heavy atom. The molecule has 0 aromatic heterocycles. The molecule has 0 atom stereocenters. The maximum Gasteiger partial charge on any atom is 0.240 e. The first-order valence-electron chi connectivity index (χ1n) is 7.63. The zero-order chi connectivity index (χ0) is 18.2. The van der Waals surface area contributed by atoms with Gasteiger partial charge in [0.15, 0.2) is 0 Å². The highest BCUT2D eigenvalue weighted by Crippen LogP contribution is 2.20. The molecule has 0 saturated carbocycles. The van der Waals surface area contributed by atoms with E-state index in [-0.39, 0.29) is 24.5 Å². The molecule has 0 bridgehead atoms. The zero-order valence-corrected chi connectivity index (χ0v) is 14.4. The summed E-state index contributed by atoms with van der Waals surface area (Å²) in [4.78, 5) is 23.7. The van der Waals surface area contributed by atoms with Gasteiger partial charge in [0.05, 0.1) is 16.4 Å². The summed E-state index contributed by atoms with van der Waals surface area (Å²) in [5.74, 6) is -0.633. The van der Waals surface area contributed by atoms with Crippen LogP contribution in [-0.4, -0.2) is 22.6 Å². The molecule has 3 N–H and O–H groups in total. The molecule has 0 heterocycles. The van der Waals surface area contributed by atoms with E-state index >= 15 is 0 Å². The molecule has 2 rings (SSSR count). The number of para-hydroxylation sites is 2. The van der Waals surface area contributed by atoms with Crippen molar-refractivity contribution in [2.45, 2.75) is 19.8 Å². The fraction of sp³-hybridized carbons (Fsp3) is 0.167. The van der Waals surface area contributed by atoms with Gasteiger partial charge in [-0.2, -0.15) is 5.10 Å². The lowest BCUT2D eigenvalue weighted by Crippen LogP contribution is -2.21. The summed E-state index contributed by atoms with van der Waals surface area (Å²) < 4.78 is 0. The van der Waals surface area contributed by atoms with Crippen molar-refractivity contribution in [2.24, 2.45) is 5.10 Å². The Bertz CT molecular complexity index is 806. The summed E-state index contributed by atoms with van der Waals surface area (Å²) >= 11 is 5.95. The molecule has 6 nitrogen and oxygen atoms in total. The van der Waals surface area contributed by atoms with Crippen molar-refractivity contribution in [3.63, 3.8) is 0 Å². The molecule has 25 heavy (non-hydrogen) atoms. The average molecular weight is 360 g/mol. The van der Waals surface area contributed by atoms with Gasteiger partial charge in [-0.1, -0.05) is 35.9 Å². The number of phenols is 1. The number of hydrogen-bond donors (Lipinski definition) is 3. The topological polar surface area (TPSA) is 90.8 Å². The third-order valence-electron chi connectivity index (χ3n) is 3.37. The van der Waals surface area contributed by atoms with E-state index in [4.69, 9.17) is 11.6 Å². The molecule has 2 aromatic rings. The van der Waals surface area contributed by atoms with Crippen LogP contribution in [0.4, 0.5) is 5.69 Å². The average Bonchev–Trinajstić information content (AvgIpc) is 2.60. The van der Waals surface area contributed by atoms with Gasteiger partial charge < -0.3 is 10.4 Å². The van der Waals surface area contributed by atoms with Crippen LogP contribution in [0.5, 0.6) is 5.75 Å². The summed E-state index contributed by atoms with van der Waals surface area (Å²) in [5.41, 5.74) is 3.87. The van der Waals surface area contributed by atoms with E-state index < -0.39 is 5.91 Å². The predicted molar refractivity (Wildman–Crippen MR) is 97.8 cm³/mol. The summed E-state index contributed by atoms with van der Waals surface area (Å²) in [6.07, 6.45) is -0.0178. The van der Waals surface area contributed by atoms with Gasteiger partial charge in [0, 0.05) is 18.4 Å². The van der Waals surface area contributed by atoms with Gasteiger partial charge in [-0.3, -0.25) is 9.59 Å². The molecule has 0 unspecified atom stereocenters. The minimum atomic E-state index is -0.399. The molecule has 2 amide bonds. The van der Waals surface area contributed by atoms with Crippen LogP contribution in [0.25, 0.3) is 0 Å². The molecule has 0 aliphatic carbocycles. The van der Waals surface area contributed by atoms with E-state index in [2.05, 4.69) is 15.8 Å². The highest BCUT2D eigenvalue weighted by atomic mass is 35.5. The lowest BCUT2D eigenvalue weighted by molar-refractivity contribution is -0.124. The standard InChI is InChI=1S/C18H18ClN3O3/c1-12(13-6-2-5-9-16(13)23)21-22-18(25)11-10-17(24)20-15-8-4-3-7-14(15)19/h2-9,23H,10-11H2,1H3,(H,20,24)(H,22,25)/b21-12-. The fourth-order valence-electron chi connectivity index (χ4n) is 2.04. The number of hydrazone groups is 1. The number of rotatable bonds is 6. The highest BCUT2D eigenvalue weighted by molar-refractivity contribution is 6.33. The first-order chi connectivity index (χ1) is 12.0. The van der Waals surface area contributed by atoms with Gasteiger partial charge in [0.25, 0.3) is 0 Å². The SMILES string of the molecule is C/C(=N/NC(=O)CCC(=O)Nc1ccccc1Cl)c1ccccc1O. The number of aromatic hydroxyl groups is 1. The number of amides is 2. The maximum absolute atomic E-state index is 11.9. The first-order valence-corrected chi connectivity index (χ1v) is 8.01. The van der Waals surface area contributed by atoms with Crippen molar-refractivity contribution in [1.29, 1.82) is 0 Å². The van der Waals surface area contributed by atoms with Crippen molar-refractivity contribution in [2.75, 3.05) is 5.32 Å². The fourth-order valence-corrected chi connectivity index (χ4v) is 2.23. The summed E-state index contributed by atoms with van der Waals surface area (Å²) in [6.45, 7) is 1.67. The Morgan fingerprint density at radius 1 is 1.04 bits per heavy atom. The third kappa shape index (κ3) is 5.61. The first kappa shape index (κ1) is 18.5. The van der Waals surface area contributed by atoms with Crippen LogP contribution in [0.2, 0.25) is 5.02 Å². The molecule has 0 fully saturated rings. The predicted octanol–water partition coefficient (Wildman–Crippen LogP) is 3.30. The number of phenolic OH excluding ortho intramolecular Hbond substituents is 1. The minimum absolute atomic E-state index is 0.00219. The lowest BCUT2D eigenvalue weighted by atomic mass is 10.1. The Hall–Kier alpha value is -2.86. The Labute approximate surface area is 150 Å². The Morgan fingerprint density at radius 2 is 1.68 bits per heavy atom. The van der Waals surface area contributed by atoms with Gasteiger partial charge in [-0.15, -0.1) is 0 Å². The van der Waals surface area contributed by atoms with Crippen LogP contribution in [0, 0.1) is 0 Å². The molecule has 7 heteroatoms. The van der Waals surface area contributed by atoms with Gasteiger partial charge in [0.2, 0.25) is 11.8 Å². The van der Waals surface area contributed by atoms with E-state index in [1.165, 1.54) is 6.07 Å². The number of nitrogens with one attached hydrogen (secondary N) is 2. The minimum Gasteiger partial charge on any atom is -0.507 e. The Kier molecular flexibility index (Phi) is 6.54. The number of benzene rings is 2. The normalized spacial score (nSPS) is 11.0. The van der Waals surface area contributed by atoms with Gasteiger partial charge in [-0.05, 0) is 31.2 Å². The van der Waals surface area contributed by atoms with Crippen LogP contribution < -0.4 is 10.7 Å². The van der Waals surface area contributed by atoms with E-state index in [1.807, 2.05) is 0 Å². The van der Waals surface area contributed by atoms with Gasteiger partial charge in [-0.25, -0.2) is 5.43 Å². The third-order valence-corrected chi connectivity index (χ3v) is 3.70. The molecule has 130 valence electrons. The zero-order valence-electron chi connectivity index (χ0n) is 13.6. The second-order valence-corrected chi connectivity index (χ2v) is 5.68. The molecule has 0 saturated heterocycles. The van der Waals surface area contributed by atoms with E-state index in [0.29, 0.717) is 22.0 Å². The van der Waals surface area contributed by atoms with Gasteiger partial charge >= 0.3 is 0 Å². The number of carbonyl (C=O) groups is 2. The maximum atomic E-state index is 11.9. The monoisotopic (exact) mass is 359 g/mol. The number of nitrogens with zero attached hydrogens (tertiary/aromatic N) is 1. The second-order valence-electron chi connectivity index (χ2n) is 5.28. The van der Waals surface area contributed by atoms with Crippen molar-refractivity contribution in [3.8, 4) is 5.75 Å². The van der Waals surface area contributed by atoms with Crippen molar-refractivity contribution >= 4 is 34.8 Å².